The molecule has 2 bridgehead atoms. The number of nitrogens with one attached hydrogen (secondary N) is 2. The topological polar surface area (TPSA) is 96.0 Å². The predicted octanol–water partition coefficient (Wildman–Crippen LogP) is 2.67. The van der Waals surface area contributed by atoms with E-state index in [1.165, 1.54) is 0 Å². The Bertz CT molecular complexity index is 980. The van der Waals surface area contributed by atoms with Gasteiger partial charge in [0.25, 0.3) is 5.91 Å². The maximum absolute atomic E-state index is 13.3. The number of rotatable bonds is 6. The standard InChI is InChI=1S/C26H35N5O4/c32-25(27-12-7-13-30-15-18-34-19-16-30)20-31-14-4-1-5-17-35-23-10-3-2-8-21(23)28-24-11-6-9-22(29-24)26(31)33/h2-3,6,8-11H,1,4-5,7,12-20H2,(H,27,32)(H,28,29). The number of nitrogens with zero attached hydrogens (tertiary/aromatic N) is 3. The minimum atomic E-state index is -0.237. The van der Waals surface area contributed by atoms with Gasteiger partial charge in [-0.2, -0.15) is 0 Å². The molecule has 9 nitrogen and oxygen atoms in total. The highest BCUT2D eigenvalue weighted by Gasteiger charge is 2.21. The van der Waals surface area contributed by atoms with Gasteiger partial charge in [-0.3, -0.25) is 14.5 Å². The Kier molecular flexibility index (Phi) is 9.31. The summed E-state index contributed by atoms with van der Waals surface area (Å²) in [6, 6.07) is 13.0. The lowest BCUT2D eigenvalue weighted by atomic mass is 10.2. The summed E-state index contributed by atoms with van der Waals surface area (Å²) in [7, 11) is 0. The number of pyridine rings is 1. The van der Waals surface area contributed by atoms with Crippen LogP contribution in [0.4, 0.5) is 11.5 Å². The van der Waals surface area contributed by atoms with Crippen LogP contribution in [0.2, 0.25) is 0 Å². The van der Waals surface area contributed by atoms with Crippen molar-refractivity contribution >= 4 is 23.3 Å². The van der Waals surface area contributed by atoms with Crippen molar-refractivity contribution in [1.29, 1.82) is 0 Å². The number of anilines is 2. The number of aromatic nitrogens is 1. The number of amides is 2. The Morgan fingerprint density at radius 3 is 2.74 bits per heavy atom. The molecule has 1 fully saturated rings. The molecule has 1 aromatic carbocycles. The van der Waals surface area contributed by atoms with Gasteiger partial charge in [-0.1, -0.05) is 18.2 Å². The van der Waals surface area contributed by atoms with Gasteiger partial charge in [-0.05, 0) is 56.5 Å². The lowest BCUT2D eigenvalue weighted by Crippen LogP contribution is -2.42. The fourth-order valence-electron chi connectivity index (χ4n) is 4.22. The number of ether oxygens (including phenoxy) is 2. The molecule has 9 heteroatoms. The second kappa shape index (κ2) is 13.1. The van der Waals surface area contributed by atoms with E-state index >= 15 is 0 Å². The molecule has 3 heterocycles. The highest BCUT2D eigenvalue weighted by Crippen LogP contribution is 2.27. The third kappa shape index (κ3) is 7.66. The first-order chi connectivity index (χ1) is 17.2. The zero-order valence-corrected chi connectivity index (χ0v) is 20.2. The van der Waals surface area contributed by atoms with Crippen LogP contribution >= 0.6 is 0 Å². The van der Waals surface area contributed by atoms with Crippen LogP contribution in [0.25, 0.3) is 0 Å². The summed E-state index contributed by atoms with van der Waals surface area (Å²) in [5, 5.41) is 6.22. The van der Waals surface area contributed by atoms with E-state index in [1.54, 1.807) is 17.0 Å². The van der Waals surface area contributed by atoms with Gasteiger partial charge in [0.2, 0.25) is 5.91 Å². The van der Waals surface area contributed by atoms with Crippen LogP contribution < -0.4 is 15.4 Å². The molecule has 188 valence electrons. The highest BCUT2D eigenvalue weighted by atomic mass is 16.5. The van der Waals surface area contributed by atoms with Gasteiger partial charge in [-0.15, -0.1) is 0 Å². The first kappa shape index (κ1) is 24.9. The molecule has 0 unspecified atom stereocenters. The Morgan fingerprint density at radius 1 is 1.00 bits per heavy atom. The molecule has 4 rings (SSSR count). The summed E-state index contributed by atoms with van der Waals surface area (Å²) in [6.07, 6.45) is 3.43. The molecule has 0 spiro atoms. The number of carbonyl (C=O) groups is 2. The van der Waals surface area contributed by atoms with Crippen molar-refractivity contribution in [1.82, 2.24) is 20.1 Å². The van der Waals surface area contributed by atoms with Crippen molar-refractivity contribution in [3.63, 3.8) is 0 Å². The maximum atomic E-state index is 13.3. The number of fused-ring (bicyclic) bond motifs is 3. The van der Waals surface area contributed by atoms with Crippen LogP contribution in [0.3, 0.4) is 0 Å². The second-order valence-corrected chi connectivity index (χ2v) is 8.82. The molecule has 1 saturated heterocycles. The summed E-state index contributed by atoms with van der Waals surface area (Å²) in [4.78, 5) is 34.4. The third-order valence-corrected chi connectivity index (χ3v) is 6.15. The largest absolute Gasteiger partial charge is 0.491 e. The first-order valence-electron chi connectivity index (χ1n) is 12.5. The number of hydrogen-bond acceptors (Lipinski definition) is 7. The van der Waals surface area contributed by atoms with Crippen LogP contribution in [-0.4, -0.2) is 85.7 Å². The highest BCUT2D eigenvalue weighted by molar-refractivity contribution is 5.95. The lowest BCUT2D eigenvalue weighted by molar-refractivity contribution is -0.121. The van der Waals surface area contributed by atoms with E-state index in [1.807, 2.05) is 30.3 Å². The van der Waals surface area contributed by atoms with Crippen molar-refractivity contribution in [2.24, 2.45) is 0 Å². The Morgan fingerprint density at radius 2 is 1.86 bits per heavy atom. The lowest BCUT2D eigenvalue weighted by Gasteiger charge is -2.26. The first-order valence-corrected chi connectivity index (χ1v) is 12.5. The normalized spacial score (nSPS) is 17.5. The fourth-order valence-corrected chi connectivity index (χ4v) is 4.22. The number of carbonyl (C=O) groups excluding carboxylic acids is 2. The Labute approximate surface area is 206 Å². The van der Waals surface area contributed by atoms with Gasteiger partial charge in [0.05, 0.1) is 32.1 Å². The molecule has 0 atom stereocenters. The van der Waals surface area contributed by atoms with Gasteiger partial charge in [0, 0.05) is 26.2 Å². The van der Waals surface area contributed by atoms with Crippen molar-refractivity contribution in [2.75, 3.05) is 64.4 Å². The Hall–Kier alpha value is -3.17. The van der Waals surface area contributed by atoms with Crippen LogP contribution in [0.15, 0.2) is 42.5 Å². The zero-order valence-electron chi connectivity index (χ0n) is 20.2. The minimum absolute atomic E-state index is 0.0229. The summed E-state index contributed by atoms with van der Waals surface area (Å²) in [5.41, 5.74) is 1.11. The van der Waals surface area contributed by atoms with Gasteiger partial charge in [-0.25, -0.2) is 4.98 Å². The van der Waals surface area contributed by atoms with Crippen molar-refractivity contribution in [3.05, 3.63) is 48.2 Å². The molecule has 1 aromatic heterocycles. The van der Waals surface area contributed by atoms with Crippen LogP contribution in [0.1, 0.15) is 36.2 Å². The molecule has 2 aromatic rings. The number of hydrogen-bond donors (Lipinski definition) is 2. The summed E-state index contributed by atoms with van der Waals surface area (Å²) in [6.45, 7) is 6.05. The molecule has 0 aliphatic carbocycles. The average molecular weight is 482 g/mol. The number of morpholine rings is 1. The zero-order chi connectivity index (χ0) is 24.3. The number of para-hydroxylation sites is 2. The van der Waals surface area contributed by atoms with Crippen molar-refractivity contribution in [2.45, 2.75) is 25.7 Å². The monoisotopic (exact) mass is 481 g/mol. The predicted molar refractivity (Wildman–Crippen MR) is 134 cm³/mol. The van der Waals surface area contributed by atoms with Gasteiger partial charge in [0.15, 0.2) is 0 Å². The SMILES string of the molecule is O=C(CN1CCCCCOc2ccccc2Nc2cccc(n2)C1=O)NCCCN1CCOCC1. The molecule has 2 aliphatic heterocycles. The van der Waals surface area contributed by atoms with E-state index in [4.69, 9.17) is 9.47 Å². The number of benzene rings is 1. The molecule has 2 N–H and O–H groups in total. The molecular weight excluding hydrogens is 446 g/mol. The summed E-state index contributed by atoms with van der Waals surface area (Å²) < 4.78 is 11.3. The molecule has 35 heavy (non-hydrogen) atoms. The van der Waals surface area contributed by atoms with E-state index in [0.29, 0.717) is 31.2 Å². The van der Waals surface area contributed by atoms with E-state index in [-0.39, 0.29) is 18.4 Å². The quantitative estimate of drug-likeness (QED) is 0.613. The van der Waals surface area contributed by atoms with Gasteiger partial charge in [0.1, 0.15) is 17.3 Å². The second-order valence-electron chi connectivity index (χ2n) is 8.82. The summed E-state index contributed by atoms with van der Waals surface area (Å²) in [5.74, 6) is 0.929. The smallest absolute Gasteiger partial charge is 0.273 e. The average Bonchev–Trinajstić information content (AvgIpc) is 2.89. The van der Waals surface area contributed by atoms with Crippen LogP contribution in [0, 0.1) is 0 Å². The van der Waals surface area contributed by atoms with E-state index in [0.717, 1.165) is 70.0 Å². The fraction of sp³-hybridized carbons (Fsp3) is 0.500. The third-order valence-electron chi connectivity index (χ3n) is 6.15. The van der Waals surface area contributed by atoms with E-state index in [9.17, 15) is 9.59 Å². The van der Waals surface area contributed by atoms with Crippen molar-refractivity contribution < 1.29 is 19.1 Å². The van der Waals surface area contributed by atoms with Crippen molar-refractivity contribution in [3.8, 4) is 5.75 Å². The summed E-state index contributed by atoms with van der Waals surface area (Å²) >= 11 is 0. The van der Waals surface area contributed by atoms with E-state index in [2.05, 4.69) is 20.5 Å². The molecular formula is C26H35N5O4. The molecule has 0 radical (unpaired) electrons. The van der Waals surface area contributed by atoms with Crippen LogP contribution in [0.5, 0.6) is 5.75 Å². The minimum Gasteiger partial charge on any atom is -0.491 e. The molecule has 0 saturated carbocycles. The van der Waals surface area contributed by atoms with Gasteiger partial charge >= 0.3 is 0 Å². The van der Waals surface area contributed by atoms with E-state index < -0.39 is 0 Å². The maximum Gasteiger partial charge on any atom is 0.273 e. The molecule has 2 amide bonds. The van der Waals surface area contributed by atoms with Gasteiger partial charge < -0.3 is 25.0 Å². The Balaban J connectivity index is 1.37. The van der Waals surface area contributed by atoms with Crippen LogP contribution in [-0.2, 0) is 9.53 Å². The molecule has 2 aliphatic rings.